The van der Waals surface area contributed by atoms with E-state index < -0.39 is 27.9 Å². The Balaban J connectivity index is 1.76. The van der Waals surface area contributed by atoms with E-state index in [0.717, 1.165) is 18.1 Å². The number of carbonyl (C=O) groups is 2. The largest absolute Gasteiger partial charge is 0.331 e. The number of nitro groups is 1. The van der Waals surface area contributed by atoms with Crippen molar-refractivity contribution in [3.8, 4) is 16.9 Å². The molecule has 1 N–H and O–H groups in total. The van der Waals surface area contributed by atoms with E-state index in [9.17, 15) is 24.5 Å². The summed E-state index contributed by atoms with van der Waals surface area (Å²) in [7, 11) is 0. The molecular formula is C29H27ClN4O5. The highest BCUT2D eigenvalue weighted by molar-refractivity contribution is 6.32. The summed E-state index contributed by atoms with van der Waals surface area (Å²) < 4.78 is 1.34. The lowest BCUT2D eigenvalue weighted by Crippen LogP contribution is -2.38. The minimum absolute atomic E-state index is 0.0321. The number of benzene rings is 3. The van der Waals surface area contributed by atoms with Gasteiger partial charge >= 0.3 is 0 Å². The number of amides is 1. The van der Waals surface area contributed by atoms with E-state index in [2.05, 4.69) is 5.10 Å². The van der Waals surface area contributed by atoms with E-state index in [-0.39, 0.29) is 29.2 Å². The number of H-pyrrole nitrogens is 1. The van der Waals surface area contributed by atoms with Crippen LogP contribution in [0, 0.1) is 17.0 Å². The Morgan fingerprint density at radius 2 is 1.74 bits per heavy atom. The van der Waals surface area contributed by atoms with Crippen LogP contribution < -0.4 is 5.56 Å². The minimum Gasteiger partial charge on any atom is -0.331 e. The van der Waals surface area contributed by atoms with Gasteiger partial charge in [0.2, 0.25) is 0 Å². The zero-order valence-electron chi connectivity index (χ0n) is 21.5. The van der Waals surface area contributed by atoms with Crippen molar-refractivity contribution in [1.82, 2.24) is 14.7 Å². The number of nitro benzene ring substituents is 1. The average molecular weight is 547 g/mol. The third kappa shape index (κ3) is 5.83. The van der Waals surface area contributed by atoms with Crippen molar-refractivity contribution in [3.63, 3.8) is 0 Å². The highest BCUT2D eigenvalue weighted by Crippen LogP contribution is 2.26. The molecule has 0 atom stereocenters. The predicted molar refractivity (Wildman–Crippen MR) is 150 cm³/mol. The fourth-order valence-corrected chi connectivity index (χ4v) is 4.50. The first kappa shape index (κ1) is 27.5. The molecular weight excluding hydrogens is 520 g/mol. The molecule has 0 bridgehead atoms. The van der Waals surface area contributed by atoms with Gasteiger partial charge in [-0.2, -0.15) is 0 Å². The Bertz CT molecular complexity index is 1590. The van der Waals surface area contributed by atoms with Crippen molar-refractivity contribution in [2.24, 2.45) is 0 Å². The molecule has 3 aromatic carbocycles. The Morgan fingerprint density at radius 1 is 1.05 bits per heavy atom. The number of aromatic nitrogens is 2. The summed E-state index contributed by atoms with van der Waals surface area (Å²) in [6.07, 6.45) is 1.35. The molecule has 0 aliphatic carbocycles. The summed E-state index contributed by atoms with van der Waals surface area (Å²) in [6, 6.07) is 20.1. The number of unbranched alkanes of at least 4 members (excludes halogenated alkanes) is 1. The number of Topliss-reactive ketones (excluding diaryl/α,β-unsaturated/α-hetero) is 1. The van der Waals surface area contributed by atoms with Crippen molar-refractivity contribution in [3.05, 3.63) is 115 Å². The molecule has 0 aliphatic rings. The first-order chi connectivity index (χ1) is 18.7. The molecule has 4 aromatic rings. The van der Waals surface area contributed by atoms with Crippen molar-refractivity contribution < 1.29 is 14.5 Å². The van der Waals surface area contributed by atoms with Gasteiger partial charge in [-0.15, -0.1) is 0 Å². The number of ketones is 1. The number of para-hydroxylation sites is 1. The molecule has 0 aliphatic heterocycles. The van der Waals surface area contributed by atoms with Gasteiger partial charge in [-0.05, 0) is 37.1 Å². The Morgan fingerprint density at radius 3 is 2.41 bits per heavy atom. The molecule has 4 rings (SSSR count). The Hall–Kier alpha value is -4.50. The maximum Gasteiger partial charge on any atom is 0.288 e. The smallest absolute Gasteiger partial charge is 0.288 e. The summed E-state index contributed by atoms with van der Waals surface area (Å²) in [5.74, 6) is -1.11. The van der Waals surface area contributed by atoms with Crippen LogP contribution in [0.2, 0.25) is 5.02 Å². The van der Waals surface area contributed by atoms with Gasteiger partial charge in [-0.25, -0.2) is 4.68 Å². The first-order valence-corrected chi connectivity index (χ1v) is 12.8. The molecule has 0 saturated heterocycles. The lowest BCUT2D eigenvalue weighted by atomic mass is 10.0. The highest BCUT2D eigenvalue weighted by Gasteiger charge is 2.28. The molecule has 0 radical (unpaired) electrons. The van der Waals surface area contributed by atoms with E-state index in [0.29, 0.717) is 23.4 Å². The van der Waals surface area contributed by atoms with E-state index in [4.69, 9.17) is 11.6 Å². The van der Waals surface area contributed by atoms with Crippen LogP contribution in [-0.4, -0.2) is 44.4 Å². The van der Waals surface area contributed by atoms with Gasteiger partial charge in [0.15, 0.2) is 5.78 Å². The summed E-state index contributed by atoms with van der Waals surface area (Å²) in [5, 5.41) is 14.4. The SMILES string of the molecule is CCCCN(CC(=O)c1c(-c2ccccc2)[nH]n(-c2ccccc2C)c1=O)C(=O)c1ccc(Cl)c([N+](=O)[O-])c1. The van der Waals surface area contributed by atoms with Gasteiger partial charge in [0.05, 0.1) is 22.8 Å². The minimum atomic E-state index is -0.666. The van der Waals surface area contributed by atoms with Gasteiger partial charge in [0, 0.05) is 23.7 Å². The van der Waals surface area contributed by atoms with E-state index in [1.54, 1.807) is 36.4 Å². The quantitative estimate of drug-likeness (QED) is 0.152. The van der Waals surface area contributed by atoms with Crippen LogP contribution in [0.4, 0.5) is 5.69 Å². The summed E-state index contributed by atoms with van der Waals surface area (Å²) in [4.78, 5) is 52.9. The standard InChI is InChI=1S/C29H27ClN4O5/c1-3-4-16-32(28(36)21-14-15-22(30)24(17-21)34(38)39)18-25(35)26-27(20-11-6-5-7-12-20)31-33(29(26)37)23-13-9-8-10-19(23)2/h5-15,17,31H,3-4,16,18H2,1-2H3. The van der Waals surface area contributed by atoms with Crippen molar-refractivity contribution in [1.29, 1.82) is 0 Å². The Kier molecular flexibility index (Phi) is 8.41. The first-order valence-electron chi connectivity index (χ1n) is 12.5. The second kappa shape index (κ2) is 11.9. The predicted octanol–water partition coefficient (Wildman–Crippen LogP) is 5.83. The third-order valence-corrected chi connectivity index (χ3v) is 6.70. The number of carbonyl (C=O) groups excluding carboxylic acids is 2. The highest BCUT2D eigenvalue weighted by atomic mass is 35.5. The summed E-state index contributed by atoms with van der Waals surface area (Å²) in [5.41, 5.74) is 1.46. The second-order valence-corrected chi connectivity index (χ2v) is 9.49. The number of hydrogen-bond acceptors (Lipinski definition) is 5. The number of nitrogens with one attached hydrogen (secondary N) is 1. The topological polar surface area (TPSA) is 118 Å². The zero-order valence-corrected chi connectivity index (χ0v) is 22.3. The van der Waals surface area contributed by atoms with Crippen molar-refractivity contribution in [2.75, 3.05) is 13.1 Å². The maximum atomic E-state index is 13.8. The number of halogens is 1. The summed E-state index contributed by atoms with van der Waals surface area (Å²) >= 11 is 5.92. The number of hydrogen-bond donors (Lipinski definition) is 1. The molecule has 0 fully saturated rings. The van der Waals surface area contributed by atoms with E-state index in [1.165, 1.54) is 21.7 Å². The van der Waals surface area contributed by atoms with Crippen LogP contribution in [0.5, 0.6) is 0 Å². The molecule has 0 unspecified atom stereocenters. The molecule has 0 saturated carbocycles. The average Bonchev–Trinajstić information content (AvgIpc) is 3.28. The van der Waals surface area contributed by atoms with Gasteiger partial charge in [0.1, 0.15) is 10.6 Å². The van der Waals surface area contributed by atoms with Crippen molar-refractivity contribution >= 4 is 29.0 Å². The van der Waals surface area contributed by atoms with E-state index >= 15 is 0 Å². The lowest BCUT2D eigenvalue weighted by molar-refractivity contribution is -0.384. The third-order valence-electron chi connectivity index (χ3n) is 6.38. The molecule has 9 nitrogen and oxygen atoms in total. The van der Waals surface area contributed by atoms with Crippen LogP contribution in [0.15, 0.2) is 77.6 Å². The van der Waals surface area contributed by atoms with Gasteiger partial charge < -0.3 is 4.90 Å². The fraction of sp³-hybridized carbons (Fsp3) is 0.207. The normalized spacial score (nSPS) is 10.8. The molecule has 1 aromatic heterocycles. The second-order valence-electron chi connectivity index (χ2n) is 9.08. The summed E-state index contributed by atoms with van der Waals surface area (Å²) in [6.45, 7) is 3.66. The Labute approximate surface area is 229 Å². The zero-order chi connectivity index (χ0) is 28.1. The van der Waals surface area contributed by atoms with Crippen LogP contribution >= 0.6 is 11.6 Å². The van der Waals surface area contributed by atoms with Gasteiger partial charge in [-0.1, -0.05) is 73.5 Å². The lowest BCUT2D eigenvalue weighted by Gasteiger charge is -2.22. The maximum absolute atomic E-state index is 13.8. The number of rotatable bonds is 10. The molecule has 39 heavy (non-hydrogen) atoms. The fourth-order valence-electron chi connectivity index (χ4n) is 4.32. The van der Waals surface area contributed by atoms with Crippen LogP contribution in [0.1, 0.15) is 46.0 Å². The monoisotopic (exact) mass is 546 g/mol. The number of aromatic amines is 1. The van der Waals surface area contributed by atoms with Gasteiger partial charge in [-0.3, -0.25) is 29.6 Å². The molecule has 10 heteroatoms. The van der Waals surface area contributed by atoms with Crippen molar-refractivity contribution in [2.45, 2.75) is 26.7 Å². The van der Waals surface area contributed by atoms with Crippen LogP contribution in [0.25, 0.3) is 16.9 Å². The molecule has 0 spiro atoms. The number of aryl methyl sites for hydroxylation is 1. The van der Waals surface area contributed by atoms with Gasteiger partial charge in [0.25, 0.3) is 17.2 Å². The molecule has 1 heterocycles. The molecule has 200 valence electrons. The van der Waals surface area contributed by atoms with Crippen LogP contribution in [0.3, 0.4) is 0 Å². The molecule has 1 amide bonds. The van der Waals surface area contributed by atoms with E-state index in [1.807, 2.05) is 32.0 Å². The number of nitrogens with zero attached hydrogens (tertiary/aromatic N) is 3. The van der Waals surface area contributed by atoms with Crippen LogP contribution in [-0.2, 0) is 0 Å².